The molecule has 26 heavy (non-hydrogen) atoms. The summed E-state index contributed by atoms with van der Waals surface area (Å²) in [5, 5.41) is 8.39. The van der Waals surface area contributed by atoms with Crippen molar-refractivity contribution in [1.29, 1.82) is 0 Å². The van der Waals surface area contributed by atoms with Crippen molar-refractivity contribution in [2.45, 2.75) is 32.6 Å². The minimum atomic E-state index is 0.195. The van der Waals surface area contributed by atoms with Crippen molar-refractivity contribution in [3.05, 3.63) is 47.7 Å². The number of rotatable bonds is 6. The van der Waals surface area contributed by atoms with Crippen molar-refractivity contribution in [2.75, 3.05) is 19.6 Å². The Labute approximate surface area is 152 Å². The van der Waals surface area contributed by atoms with Gasteiger partial charge < -0.3 is 4.90 Å². The summed E-state index contributed by atoms with van der Waals surface area (Å²) in [7, 11) is 0. The quantitative estimate of drug-likeness (QED) is 0.640. The van der Waals surface area contributed by atoms with Gasteiger partial charge in [0.1, 0.15) is 5.52 Å². The highest BCUT2D eigenvalue weighted by Crippen LogP contribution is 2.22. The molecular formula is C20H23N5O. The molecule has 1 saturated heterocycles. The number of pyridine rings is 1. The summed E-state index contributed by atoms with van der Waals surface area (Å²) in [6.07, 6.45) is 5.79. The highest BCUT2D eigenvalue weighted by Gasteiger charge is 2.16. The van der Waals surface area contributed by atoms with E-state index in [-0.39, 0.29) is 5.78 Å². The maximum Gasteiger partial charge on any atom is 0.183 e. The number of likely N-dealkylation sites (tertiary alicyclic amines) is 1. The summed E-state index contributed by atoms with van der Waals surface area (Å²) >= 11 is 0. The molecule has 6 nitrogen and oxygen atoms in total. The molecule has 1 aromatic carbocycles. The second-order valence-corrected chi connectivity index (χ2v) is 6.87. The smallest absolute Gasteiger partial charge is 0.183 e. The van der Waals surface area contributed by atoms with Crippen LogP contribution in [0.15, 0.2) is 36.5 Å². The van der Waals surface area contributed by atoms with Gasteiger partial charge in [-0.3, -0.25) is 4.79 Å². The molecule has 0 spiro atoms. The summed E-state index contributed by atoms with van der Waals surface area (Å²) in [5.41, 5.74) is 4.00. The Hall–Kier alpha value is -2.60. The van der Waals surface area contributed by atoms with E-state index in [1.807, 2.05) is 37.3 Å². The second-order valence-electron chi connectivity index (χ2n) is 6.87. The van der Waals surface area contributed by atoms with Crippen molar-refractivity contribution < 1.29 is 4.79 Å². The molecular weight excluding hydrogens is 326 g/mol. The van der Waals surface area contributed by atoms with Gasteiger partial charge in [0.25, 0.3) is 0 Å². The standard InChI is InChI=1S/C20H23N5O/c1-15-16(19(26)10-6-14-24-12-2-3-13-24)7-4-9-18(15)25-20-17(22-23-25)8-5-11-21-20/h4-5,7-9,11H,2-3,6,10,12-14H2,1H3. The average Bonchev–Trinajstić information content (AvgIpc) is 3.31. The van der Waals surface area contributed by atoms with Gasteiger partial charge in [-0.2, -0.15) is 4.68 Å². The maximum atomic E-state index is 12.7. The highest BCUT2D eigenvalue weighted by atomic mass is 16.1. The number of benzene rings is 1. The number of carbonyl (C=O) groups is 1. The maximum absolute atomic E-state index is 12.7. The van der Waals surface area contributed by atoms with Gasteiger partial charge in [-0.15, -0.1) is 5.10 Å². The Morgan fingerprint density at radius 2 is 2.00 bits per heavy atom. The van der Waals surface area contributed by atoms with Crippen LogP contribution >= 0.6 is 0 Å². The molecule has 0 N–H and O–H groups in total. The zero-order chi connectivity index (χ0) is 17.9. The number of fused-ring (bicyclic) bond motifs is 1. The minimum Gasteiger partial charge on any atom is -0.303 e. The molecule has 4 rings (SSSR count). The van der Waals surface area contributed by atoms with Crippen LogP contribution in [0.25, 0.3) is 16.9 Å². The van der Waals surface area contributed by atoms with E-state index in [1.165, 1.54) is 25.9 Å². The number of nitrogens with zero attached hydrogens (tertiary/aromatic N) is 5. The zero-order valence-corrected chi connectivity index (χ0v) is 15.1. The Balaban J connectivity index is 1.54. The van der Waals surface area contributed by atoms with E-state index in [9.17, 15) is 4.79 Å². The topological polar surface area (TPSA) is 63.9 Å². The van der Waals surface area contributed by atoms with Crippen molar-refractivity contribution in [1.82, 2.24) is 24.9 Å². The first-order chi connectivity index (χ1) is 12.7. The molecule has 0 amide bonds. The first-order valence-corrected chi connectivity index (χ1v) is 9.26. The number of ketones is 1. The van der Waals surface area contributed by atoms with Crippen LogP contribution in [0.4, 0.5) is 0 Å². The van der Waals surface area contributed by atoms with E-state index in [4.69, 9.17) is 0 Å². The van der Waals surface area contributed by atoms with Crippen LogP contribution in [0.3, 0.4) is 0 Å². The fourth-order valence-corrected chi connectivity index (χ4v) is 3.69. The number of hydrogen-bond acceptors (Lipinski definition) is 5. The Bertz CT molecular complexity index is 927. The fraction of sp³-hybridized carbons (Fsp3) is 0.400. The second kappa shape index (κ2) is 7.33. The van der Waals surface area contributed by atoms with Crippen LogP contribution in [0.1, 0.15) is 41.6 Å². The van der Waals surface area contributed by atoms with E-state index in [0.717, 1.165) is 35.3 Å². The molecule has 0 bridgehead atoms. The summed E-state index contributed by atoms with van der Waals surface area (Å²) in [6, 6.07) is 9.50. The van der Waals surface area contributed by atoms with Gasteiger partial charge in [-0.1, -0.05) is 17.3 Å². The lowest BCUT2D eigenvalue weighted by Crippen LogP contribution is -2.21. The van der Waals surface area contributed by atoms with Gasteiger partial charge in [0, 0.05) is 18.2 Å². The SMILES string of the molecule is Cc1c(C(=O)CCCN2CCCC2)cccc1-n1nnc2cccnc21. The molecule has 1 aliphatic heterocycles. The third kappa shape index (κ3) is 3.24. The molecule has 0 unspecified atom stereocenters. The molecule has 1 aliphatic rings. The van der Waals surface area contributed by atoms with Gasteiger partial charge in [0.15, 0.2) is 11.4 Å². The molecule has 134 valence electrons. The molecule has 0 saturated carbocycles. The summed E-state index contributed by atoms with van der Waals surface area (Å²) in [4.78, 5) is 19.6. The predicted molar refractivity (Wildman–Crippen MR) is 101 cm³/mol. The molecule has 6 heteroatoms. The third-order valence-corrected chi connectivity index (χ3v) is 5.12. The summed E-state index contributed by atoms with van der Waals surface area (Å²) in [5.74, 6) is 0.195. The van der Waals surface area contributed by atoms with E-state index in [0.29, 0.717) is 12.1 Å². The fourth-order valence-electron chi connectivity index (χ4n) is 3.69. The Morgan fingerprint density at radius 3 is 2.85 bits per heavy atom. The minimum absolute atomic E-state index is 0.195. The van der Waals surface area contributed by atoms with Crippen LogP contribution in [0.5, 0.6) is 0 Å². The van der Waals surface area contributed by atoms with Gasteiger partial charge in [-0.25, -0.2) is 4.98 Å². The zero-order valence-electron chi connectivity index (χ0n) is 15.1. The molecule has 0 aliphatic carbocycles. The van der Waals surface area contributed by atoms with E-state index in [2.05, 4.69) is 20.2 Å². The molecule has 3 aromatic rings. The van der Waals surface area contributed by atoms with E-state index >= 15 is 0 Å². The molecule has 0 atom stereocenters. The van der Waals surface area contributed by atoms with Gasteiger partial charge >= 0.3 is 0 Å². The lowest BCUT2D eigenvalue weighted by atomic mass is 10.00. The van der Waals surface area contributed by atoms with Crippen LogP contribution in [0.2, 0.25) is 0 Å². The largest absolute Gasteiger partial charge is 0.303 e. The normalized spacial score (nSPS) is 15.0. The van der Waals surface area contributed by atoms with Crippen LogP contribution in [-0.2, 0) is 0 Å². The first kappa shape index (κ1) is 16.8. The highest BCUT2D eigenvalue weighted by molar-refractivity contribution is 5.98. The number of carbonyl (C=O) groups excluding carboxylic acids is 1. The third-order valence-electron chi connectivity index (χ3n) is 5.12. The summed E-state index contributed by atoms with van der Waals surface area (Å²) in [6.45, 7) is 5.34. The monoisotopic (exact) mass is 349 g/mol. The Morgan fingerprint density at radius 1 is 1.15 bits per heavy atom. The van der Waals surface area contributed by atoms with Crippen LogP contribution < -0.4 is 0 Å². The number of aromatic nitrogens is 4. The molecule has 3 heterocycles. The molecule has 0 radical (unpaired) electrons. The summed E-state index contributed by atoms with van der Waals surface area (Å²) < 4.78 is 1.71. The first-order valence-electron chi connectivity index (χ1n) is 9.26. The van der Waals surface area contributed by atoms with Crippen molar-refractivity contribution in [3.8, 4) is 5.69 Å². The van der Waals surface area contributed by atoms with Crippen molar-refractivity contribution in [3.63, 3.8) is 0 Å². The van der Waals surface area contributed by atoms with Gasteiger partial charge in [0.2, 0.25) is 0 Å². The lowest BCUT2D eigenvalue weighted by molar-refractivity contribution is 0.0975. The van der Waals surface area contributed by atoms with Crippen LogP contribution in [0, 0.1) is 6.92 Å². The van der Waals surface area contributed by atoms with Crippen molar-refractivity contribution in [2.24, 2.45) is 0 Å². The molecule has 1 fully saturated rings. The predicted octanol–water partition coefficient (Wildman–Crippen LogP) is 3.18. The number of hydrogen-bond donors (Lipinski definition) is 0. The van der Waals surface area contributed by atoms with Gasteiger partial charge in [0.05, 0.1) is 5.69 Å². The van der Waals surface area contributed by atoms with Crippen molar-refractivity contribution >= 4 is 16.9 Å². The van der Waals surface area contributed by atoms with Gasteiger partial charge in [-0.05, 0) is 69.6 Å². The average molecular weight is 349 g/mol. The van der Waals surface area contributed by atoms with E-state index < -0.39 is 0 Å². The van der Waals surface area contributed by atoms with Crippen LogP contribution in [-0.4, -0.2) is 50.3 Å². The Kier molecular flexibility index (Phi) is 4.75. The number of Topliss-reactive ketones (excluding diaryl/α,β-unsaturated/α-hetero) is 1. The van der Waals surface area contributed by atoms with E-state index in [1.54, 1.807) is 10.9 Å². The molecule has 2 aromatic heterocycles. The lowest BCUT2D eigenvalue weighted by Gasteiger charge is -2.14.